The van der Waals surface area contributed by atoms with Crippen molar-refractivity contribution in [1.29, 1.82) is 0 Å². The molecule has 7 heteroatoms. The standard InChI is InChI=1S/C20H22N2O4S/c1-13-4-3-5-16(14(13)2)22-19(23)11-21-20(24)12-27-15-6-7-17-18(10-15)26-9-8-25-17/h3-7,10H,8-9,11-12H2,1-2H3,(H,21,24)(H,22,23). The van der Waals surface area contributed by atoms with Gasteiger partial charge in [0.2, 0.25) is 11.8 Å². The van der Waals surface area contributed by atoms with Crippen molar-refractivity contribution in [3.63, 3.8) is 0 Å². The van der Waals surface area contributed by atoms with Crippen LogP contribution in [0, 0.1) is 13.8 Å². The van der Waals surface area contributed by atoms with Gasteiger partial charge in [-0.05, 0) is 49.2 Å². The fraction of sp³-hybridized carbons (Fsp3) is 0.300. The lowest BCUT2D eigenvalue weighted by molar-refractivity contribution is -0.122. The van der Waals surface area contributed by atoms with E-state index < -0.39 is 0 Å². The van der Waals surface area contributed by atoms with E-state index in [4.69, 9.17) is 9.47 Å². The van der Waals surface area contributed by atoms with Crippen LogP contribution in [0.4, 0.5) is 5.69 Å². The van der Waals surface area contributed by atoms with Crippen LogP contribution in [0.15, 0.2) is 41.3 Å². The molecule has 2 N–H and O–H groups in total. The molecule has 142 valence electrons. The molecule has 0 saturated carbocycles. The highest BCUT2D eigenvalue weighted by Crippen LogP contribution is 2.34. The maximum absolute atomic E-state index is 12.1. The molecule has 0 aromatic heterocycles. The lowest BCUT2D eigenvalue weighted by Gasteiger charge is -2.18. The number of fused-ring (bicyclic) bond motifs is 1. The first kappa shape index (κ1) is 19.1. The van der Waals surface area contributed by atoms with E-state index in [1.807, 2.05) is 50.2 Å². The second-order valence-corrected chi connectivity index (χ2v) is 7.22. The van der Waals surface area contributed by atoms with Gasteiger partial charge in [0.25, 0.3) is 0 Å². The number of carbonyl (C=O) groups is 2. The Labute approximate surface area is 162 Å². The van der Waals surface area contributed by atoms with E-state index in [0.717, 1.165) is 27.5 Å². The molecular weight excluding hydrogens is 364 g/mol. The monoisotopic (exact) mass is 386 g/mol. The lowest BCUT2D eigenvalue weighted by Crippen LogP contribution is -2.34. The second-order valence-electron chi connectivity index (χ2n) is 6.17. The Kier molecular flexibility index (Phi) is 6.24. The molecule has 3 rings (SSSR count). The van der Waals surface area contributed by atoms with Crippen LogP contribution in [0.1, 0.15) is 11.1 Å². The van der Waals surface area contributed by atoms with Crippen LogP contribution in [0.3, 0.4) is 0 Å². The van der Waals surface area contributed by atoms with Crippen LogP contribution >= 0.6 is 11.8 Å². The van der Waals surface area contributed by atoms with Gasteiger partial charge < -0.3 is 20.1 Å². The van der Waals surface area contributed by atoms with Crippen molar-refractivity contribution >= 4 is 29.3 Å². The number of rotatable bonds is 6. The van der Waals surface area contributed by atoms with Crippen molar-refractivity contribution in [3.8, 4) is 11.5 Å². The topological polar surface area (TPSA) is 76.7 Å². The zero-order valence-corrected chi connectivity index (χ0v) is 16.2. The summed E-state index contributed by atoms with van der Waals surface area (Å²) in [5, 5.41) is 5.47. The first-order valence-electron chi connectivity index (χ1n) is 8.68. The molecule has 0 saturated heterocycles. The Morgan fingerprint density at radius 2 is 1.81 bits per heavy atom. The SMILES string of the molecule is Cc1cccc(NC(=O)CNC(=O)CSc2ccc3c(c2)OCCO3)c1C. The predicted octanol–water partition coefficient (Wildman–Crippen LogP) is 2.92. The fourth-order valence-corrected chi connectivity index (χ4v) is 3.33. The summed E-state index contributed by atoms with van der Waals surface area (Å²) >= 11 is 1.38. The molecule has 2 amide bonds. The van der Waals surface area contributed by atoms with Gasteiger partial charge in [-0.1, -0.05) is 12.1 Å². The van der Waals surface area contributed by atoms with Crippen molar-refractivity contribution in [2.45, 2.75) is 18.7 Å². The number of hydrogen-bond donors (Lipinski definition) is 2. The van der Waals surface area contributed by atoms with E-state index in [-0.39, 0.29) is 24.1 Å². The summed E-state index contributed by atoms with van der Waals surface area (Å²) in [4.78, 5) is 25.0. The molecule has 0 fully saturated rings. The van der Waals surface area contributed by atoms with E-state index in [2.05, 4.69) is 10.6 Å². The summed E-state index contributed by atoms with van der Waals surface area (Å²) in [5.74, 6) is 1.18. The maximum atomic E-state index is 12.1. The van der Waals surface area contributed by atoms with Gasteiger partial charge in [0, 0.05) is 10.6 Å². The van der Waals surface area contributed by atoms with E-state index in [9.17, 15) is 9.59 Å². The number of hydrogen-bond acceptors (Lipinski definition) is 5. The number of ether oxygens (including phenoxy) is 2. The van der Waals surface area contributed by atoms with Gasteiger partial charge in [-0.15, -0.1) is 11.8 Å². The molecule has 0 radical (unpaired) electrons. The highest BCUT2D eigenvalue weighted by molar-refractivity contribution is 8.00. The molecule has 0 bridgehead atoms. The van der Waals surface area contributed by atoms with Gasteiger partial charge in [-0.3, -0.25) is 9.59 Å². The molecular formula is C20H22N2O4S. The number of carbonyl (C=O) groups excluding carboxylic acids is 2. The Balaban J connectivity index is 1.44. The smallest absolute Gasteiger partial charge is 0.243 e. The third kappa shape index (κ3) is 5.17. The fourth-order valence-electron chi connectivity index (χ4n) is 2.57. The van der Waals surface area contributed by atoms with Gasteiger partial charge in [-0.2, -0.15) is 0 Å². The number of nitrogens with one attached hydrogen (secondary N) is 2. The minimum Gasteiger partial charge on any atom is -0.486 e. The largest absolute Gasteiger partial charge is 0.486 e. The van der Waals surface area contributed by atoms with Gasteiger partial charge >= 0.3 is 0 Å². The summed E-state index contributed by atoms with van der Waals surface area (Å²) in [5.41, 5.74) is 2.89. The van der Waals surface area contributed by atoms with Gasteiger partial charge in [-0.25, -0.2) is 0 Å². The van der Waals surface area contributed by atoms with Crippen LogP contribution < -0.4 is 20.1 Å². The Morgan fingerprint density at radius 1 is 1.04 bits per heavy atom. The summed E-state index contributed by atoms with van der Waals surface area (Å²) in [6.45, 7) is 4.95. The molecule has 2 aromatic carbocycles. The Morgan fingerprint density at radius 3 is 2.63 bits per heavy atom. The molecule has 0 atom stereocenters. The molecule has 0 aliphatic carbocycles. The van der Waals surface area contributed by atoms with Crippen molar-refractivity contribution < 1.29 is 19.1 Å². The van der Waals surface area contributed by atoms with Gasteiger partial charge in [0.1, 0.15) is 13.2 Å². The van der Waals surface area contributed by atoms with Crippen LogP contribution in [0.25, 0.3) is 0 Å². The average Bonchev–Trinajstić information content (AvgIpc) is 2.68. The summed E-state index contributed by atoms with van der Waals surface area (Å²) in [6.07, 6.45) is 0. The second kappa shape index (κ2) is 8.81. The van der Waals surface area contributed by atoms with Crippen molar-refractivity contribution in [2.24, 2.45) is 0 Å². The summed E-state index contributed by atoms with van der Waals surface area (Å²) in [7, 11) is 0. The summed E-state index contributed by atoms with van der Waals surface area (Å²) in [6, 6.07) is 11.3. The first-order chi connectivity index (χ1) is 13.0. The molecule has 1 aliphatic rings. The van der Waals surface area contributed by atoms with E-state index >= 15 is 0 Å². The Bertz CT molecular complexity index is 854. The van der Waals surface area contributed by atoms with E-state index in [0.29, 0.717) is 19.0 Å². The average molecular weight is 386 g/mol. The number of thioether (sulfide) groups is 1. The van der Waals surface area contributed by atoms with Crippen molar-refractivity contribution in [2.75, 3.05) is 30.8 Å². The molecule has 2 aromatic rings. The molecule has 27 heavy (non-hydrogen) atoms. The molecule has 0 spiro atoms. The highest BCUT2D eigenvalue weighted by Gasteiger charge is 2.13. The minimum absolute atomic E-state index is 0.0616. The zero-order valence-electron chi connectivity index (χ0n) is 15.3. The third-order valence-corrected chi connectivity index (χ3v) is 5.20. The molecule has 1 heterocycles. The highest BCUT2D eigenvalue weighted by atomic mass is 32.2. The number of aryl methyl sites for hydroxylation is 1. The van der Waals surface area contributed by atoms with Crippen LogP contribution in [0.2, 0.25) is 0 Å². The quantitative estimate of drug-likeness (QED) is 0.747. The number of benzene rings is 2. The molecule has 6 nitrogen and oxygen atoms in total. The minimum atomic E-state index is -0.249. The predicted molar refractivity (Wildman–Crippen MR) is 106 cm³/mol. The summed E-state index contributed by atoms with van der Waals surface area (Å²) < 4.78 is 11.0. The van der Waals surface area contributed by atoms with Crippen LogP contribution in [-0.2, 0) is 9.59 Å². The Hall–Kier alpha value is -2.67. The van der Waals surface area contributed by atoms with Crippen LogP contribution in [0.5, 0.6) is 11.5 Å². The number of anilines is 1. The van der Waals surface area contributed by atoms with E-state index in [1.165, 1.54) is 11.8 Å². The maximum Gasteiger partial charge on any atom is 0.243 e. The third-order valence-electron chi connectivity index (χ3n) is 4.21. The molecule has 1 aliphatic heterocycles. The zero-order chi connectivity index (χ0) is 19.2. The van der Waals surface area contributed by atoms with Crippen LogP contribution in [-0.4, -0.2) is 37.3 Å². The van der Waals surface area contributed by atoms with Crippen molar-refractivity contribution in [3.05, 3.63) is 47.5 Å². The van der Waals surface area contributed by atoms with Crippen molar-refractivity contribution in [1.82, 2.24) is 5.32 Å². The lowest BCUT2D eigenvalue weighted by atomic mass is 10.1. The van der Waals surface area contributed by atoms with E-state index in [1.54, 1.807) is 0 Å². The molecule has 0 unspecified atom stereocenters. The first-order valence-corrected chi connectivity index (χ1v) is 9.66. The van der Waals surface area contributed by atoms with Gasteiger partial charge in [0.15, 0.2) is 11.5 Å². The normalized spacial score (nSPS) is 12.4. The van der Waals surface area contributed by atoms with Gasteiger partial charge in [0.05, 0.1) is 12.3 Å². The number of amides is 2.